The van der Waals surface area contributed by atoms with Gasteiger partial charge >= 0.3 is 0 Å². The molecular formula is C15H14S. The van der Waals surface area contributed by atoms with Crippen LogP contribution in [0.1, 0.15) is 5.56 Å². The number of rotatable bonds is 4. The summed E-state index contributed by atoms with van der Waals surface area (Å²) < 4.78 is 0. The van der Waals surface area contributed by atoms with Gasteiger partial charge in [-0.15, -0.1) is 0 Å². The van der Waals surface area contributed by atoms with Gasteiger partial charge in [-0.05, 0) is 29.5 Å². The van der Waals surface area contributed by atoms with Gasteiger partial charge in [0.1, 0.15) is 0 Å². The zero-order valence-corrected chi connectivity index (χ0v) is 9.86. The van der Waals surface area contributed by atoms with Crippen molar-refractivity contribution in [2.75, 3.05) is 0 Å². The van der Waals surface area contributed by atoms with E-state index in [2.05, 4.69) is 60.0 Å². The van der Waals surface area contributed by atoms with Crippen molar-refractivity contribution in [3.05, 3.63) is 77.7 Å². The van der Waals surface area contributed by atoms with E-state index < -0.39 is 0 Å². The molecule has 2 aromatic carbocycles. The van der Waals surface area contributed by atoms with Crippen molar-refractivity contribution in [1.29, 1.82) is 0 Å². The maximum Gasteiger partial charge on any atom is 0.0116 e. The smallest absolute Gasteiger partial charge is 0.0116 e. The van der Waals surface area contributed by atoms with E-state index in [1.807, 2.05) is 12.1 Å². The molecule has 2 aromatic rings. The lowest BCUT2D eigenvalue weighted by molar-refractivity contribution is 1.28. The van der Waals surface area contributed by atoms with Crippen LogP contribution in [0, 0.1) is 0 Å². The summed E-state index contributed by atoms with van der Waals surface area (Å²) >= 11 is 1.76. The molecule has 0 spiro atoms. The first-order chi connectivity index (χ1) is 7.95. The molecule has 0 unspecified atom stereocenters. The fraction of sp³-hybridized carbons (Fsp3) is 0.0667. The molecule has 0 saturated heterocycles. The molecule has 0 N–H and O–H groups in total. The molecule has 0 radical (unpaired) electrons. The van der Waals surface area contributed by atoms with E-state index in [0.717, 1.165) is 6.42 Å². The van der Waals surface area contributed by atoms with Crippen LogP contribution < -0.4 is 0 Å². The fourth-order valence-electron chi connectivity index (χ4n) is 1.42. The average Bonchev–Trinajstić information content (AvgIpc) is 2.37. The molecule has 0 saturated carbocycles. The molecular weight excluding hydrogens is 212 g/mol. The van der Waals surface area contributed by atoms with Crippen molar-refractivity contribution in [3.8, 4) is 0 Å². The van der Waals surface area contributed by atoms with Gasteiger partial charge in [-0.3, -0.25) is 0 Å². The minimum atomic E-state index is 1.00. The third-order valence-corrected chi connectivity index (χ3v) is 3.11. The lowest BCUT2D eigenvalue weighted by Gasteiger charge is -1.95. The highest BCUT2D eigenvalue weighted by Gasteiger charge is 1.88. The highest BCUT2D eigenvalue weighted by Crippen LogP contribution is 2.18. The van der Waals surface area contributed by atoms with Crippen LogP contribution in [0.5, 0.6) is 0 Å². The first kappa shape index (κ1) is 11.0. The first-order valence-corrected chi connectivity index (χ1v) is 6.24. The van der Waals surface area contributed by atoms with Gasteiger partial charge in [0, 0.05) is 4.90 Å². The van der Waals surface area contributed by atoms with Crippen LogP contribution in [0.25, 0.3) is 0 Å². The predicted octanol–water partition coefficient (Wildman–Crippen LogP) is 4.54. The Morgan fingerprint density at radius 1 is 0.812 bits per heavy atom. The standard InChI is InChI=1S/C15H14S/c1-3-8-14(9-4-1)10-7-13-16-15-11-5-2-6-12-15/h1-9,11-13H,10H2/b13-7+. The Kier molecular flexibility index (Phi) is 4.26. The van der Waals surface area contributed by atoms with Gasteiger partial charge in [0.25, 0.3) is 0 Å². The van der Waals surface area contributed by atoms with Gasteiger partial charge in [-0.25, -0.2) is 0 Å². The van der Waals surface area contributed by atoms with Gasteiger partial charge in [-0.1, -0.05) is 66.4 Å². The van der Waals surface area contributed by atoms with E-state index in [1.165, 1.54) is 10.5 Å². The van der Waals surface area contributed by atoms with Gasteiger partial charge in [0.05, 0.1) is 0 Å². The van der Waals surface area contributed by atoms with Crippen LogP contribution >= 0.6 is 11.8 Å². The molecule has 0 aliphatic rings. The Bertz CT molecular complexity index is 388. The molecule has 2 rings (SSSR count). The molecule has 80 valence electrons. The van der Waals surface area contributed by atoms with Crippen molar-refractivity contribution in [1.82, 2.24) is 0 Å². The Hall–Kier alpha value is -1.47. The maximum absolute atomic E-state index is 2.20. The van der Waals surface area contributed by atoms with Gasteiger partial charge in [0.2, 0.25) is 0 Å². The summed E-state index contributed by atoms with van der Waals surface area (Å²) in [6.07, 6.45) is 3.20. The molecule has 0 aliphatic heterocycles. The zero-order chi connectivity index (χ0) is 11.1. The second-order valence-electron chi connectivity index (χ2n) is 3.49. The fourth-order valence-corrected chi connectivity index (χ4v) is 2.09. The van der Waals surface area contributed by atoms with Crippen LogP contribution in [0.15, 0.2) is 77.0 Å². The summed E-state index contributed by atoms with van der Waals surface area (Å²) in [4.78, 5) is 1.28. The SMILES string of the molecule is C(=C\Sc1ccccc1)/Cc1ccccc1. The third-order valence-electron chi connectivity index (χ3n) is 2.24. The summed E-state index contributed by atoms with van der Waals surface area (Å²) in [6, 6.07) is 20.9. The molecule has 0 atom stereocenters. The first-order valence-electron chi connectivity index (χ1n) is 5.36. The summed E-state index contributed by atoms with van der Waals surface area (Å²) in [7, 11) is 0. The highest BCUT2D eigenvalue weighted by atomic mass is 32.2. The van der Waals surface area contributed by atoms with Crippen molar-refractivity contribution in [2.24, 2.45) is 0 Å². The highest BCUT2D eigenvalue weighted by molar-refractivity contribution is 8.02. The molecule has 0 aromatic heterocycles. The zero-order valence-electron chi connectivity index (χ0n) is 9.04. The van der Waals surface area contributed by atoms with Crippen molar-refractivity contribution < 1.29 is 0 Å². The molecule has 0 fully saturated rings. The average molecular weight is 226 g/mol. The van der Waals surface area contributed by atoms with E-state index >= 15 is 0 Å². The van der Waals surface area contributed by atoms with Crippen molar-refractivity contribution in [2.45, 2.75) is 11.3 Å². The summed E-state index contributed by atoms with van der Waals surface area (Å²) in [6.45, 7) is 0. The van der Waals surface area contributed by atoms with Gasteiger partial charge in [0.15, 0.2) is 0 Å². The van der Waals surface area contributed by atoms with E-state index in [4.69, 9.17) is 0 Å². The van der Waals surface area contributed by atoms with Crippen LogP contribution in [-0.2, 0) is 6.42 Å². The Labute approximate surface area is 101 Å². The molecule has 0 nitrogen and oxygen atoms in total. The third kappa shape index (κ3) is 3.59. The molecule has 0 bridgehead atoms. The Morgan fingerprint density at radius 3 is 2.12 bits per heavy atom. The summed E-state index contributed by atoms with van der Waals surface area (Å²) in [5.41, 5.74) is 1.35. The van der Waals surface area contributed by atoms with E-state index in [9.17, 15) is 0 Å². The number of hydrogen-bond donors (Lipinski definition) is 0. The minimum absolute atomic E-state index is 1.00. The largest absolute Gasteiger partial charge is 0.0984 e. The van der Waals surface area contributed by atoms with Crippen LogP contribution in [0.3, 0.4) is 0 Å². The summed E-state index contributed by atoms with van der Waals surface area (Å²) in [5.74, 6) is 0. The second-order valence-corrected chi connectivity index (χ2v) is 4.47. The van der Waals surface area contributed by atoms with Crippen LogP contribution in [0.4, 0.5) is 0 Å². The van der Waals surface area contributed by atoms with Gasteiger partial charge in [-0.2, -0.15) is 0 Å². The van der Waals surface area contributed by atoms with E-state index in [0.29, 0.717) is 0 Å². The second kappa shape index (κ2) is 6.19. The number of benzene rings is 2. The maximum atomic E-state index is 2.20. The number of allylic oxidation sites excluding steroid dienone is 1. The van der Waals surface area contributed by atoms with Crippen LogP contribution in [-0.4, -0.2) is 0 Å². The number of hydrogen-bond acceptors (Lipinski definition) is 1. The Morgan fingerprint density at radius 2 is 1.44 bits per heavy atom. The topological polar surface area (TPSA) is 0 Å². The lowest BCUT2D eigenvalue weighted by Crippen LogP contribution is -1.77. The van der Waals surface area contributed by atoms with E-state index in [1.54, 1.807) is 11.8 Å². The Balaban J connectivity index is 1.83. The van der Waals surface area contributed by atoms with Gasteiger partial charge < -0.3 is 0 Å². The monoisotopic (exact) mass is 226 g/mol. The van der Waals surface area contributed by atoms with Crippen molar-refractivity contribution in [3.63, 3.8) is 0 Å². The molecule has 16 heavy (non-hydrogen) atoms. The van der Waals surface area contributed by atoms with Crippen LogP contribution in [0.2, 0.25) is 0 Å². The quantitative estimate of drug-likeness (QED) is 0.690. The normalized spacial score (nSPS) is 10.8. The number of thioether (sulfide) groups is 1. The minimum Gasteiger partial charge on any atom is -0.0984 e. The van der Waals surface area contributed by atoms with E-state index in [-0.39, 0.29) is 0 Å². The molecule has 1 heteroatoms. The molecule has 0 heterocycles. The predicted molar refractivity (Wildman–Crippen MR) is 71.6 cm³/mol. The summed E-state index contributed by atoms with van der Waals surface area (Å²) in [5, 5.41) is 2.16. The lowest BCUT2D eigenvalue weighted by atomic mass is 10.2. The molecule has 0 aliphatic carbocycles. The molecule has 0 amide bonds. The van der Waals surface area contributed by atoms with Crippen molar-refractivity contribution >= 4 is 11.8 Å².